The van der Waals surface area contributed by atoms with Gasteiger partial charge in [0, 0.05) is 24.0 Å². The number of ether oxygens (including phenoxy) is 2. The number of pyridine rings is 1. The summed E-state index contributed by atoms with van der Waals surface area (Å²) >= 11 is 5.99. The van der Waals surface area contributed by atoms with Crippen LogP contribution in [-0.2, 0) is 4.74 Å². The monoisotopic (exact) mass is 412 g/mol. The molecule has 3 aromatic rings. The van der Waals surface area contributed by atoms with Crippen LogP contribution < -0.4 is 4.74 Å². The molecule has 0 amide bonds. The Labute approximate surface area is 169 Å². The zero-order chi connectivity index (χ0) is 20.8. The van der Waals surface area contributed by atoms with E-state index in [2.05, 4.69) is 4.98 Å². The van der Waals surface area contributed by atoms with Crippen LogP contribution in [0.2, 0.25) is 5.02 Å². The molecule has 0 unspecified atom stereocenters. The smallest absolute Gasteiger partial charge is 0.338 e. The number of hydrogen-bond acceptors (Lipinski definition) is 7. The van der Waals surface area contributed by atoms with E-state index < -0.39 is 23.3 Å². The Morgan fingerprint density at radius 3 is 2.34 bits per heavy atom. The molecule has 8 nitrogen and oxygen atoms in total. The summed E-state index contributed by atoms with van der Waals surface area (Å²) in [7, 11) is 0. The average Bonchev–Trinajstić information content (AvgIpc) is 2.74. The molecule has 0 aliphatic carbocycles. The summed E-state index contributed by atoms with van der Waals surface area (Å²) in [6, 6.07) is 13.0. The van der Waals surface area contributed by atoms with Gasteiger partial charge in [-0.25, -0.2) is 4.79 Å². The molecule has 2 aromatic carbocycles. The quantitative estimate of drug-likeness (QED) is 0.243. The summed E-state index contributed by atoms with van der Waals surface area (Å²) in [6.45, 7) is -0.433. The minimum absolute atomic E-state index is 0.0855. The highest BCUT2D eigenvalue weighted by Crippen LogP contribution is 2.37. The molecule has 1 heterocycles. The van der Waals surface area contributed by atoms with Crippen molar-refractivity contribution in [2.75, 3.05) is 6.61 Å². The maximum atomic E-state index is 12.2. The number of ketones is 1. The van der Waals surface area contributed by atoms with Gasteiger partial charge in [0.05, 0.1) is 15.5 Å². The van der Waals surface area contributed by atoms with Crippen molar-refractivity contribution in [3.05, 3.63) is 93.3 Å². The van der Waals surface area contributed by atoms with Crippen LogP contribution in [0.25, 0.3) is 0 Å². The number of nitrogens with zero attached hydrogens (tertiary/aromatic N) is 2. The van der Waals surface area contributed by atoms with E-state index in [4.69, 9.17) is 21.1 Å². The third-order valence-corrected chi connectivity index (χ3v) is 4.09. The highest BCUT2D eigenvalue weighted by Gasteiger charge is 2.19. The number of esters is 1. The van der Waals surface area contributed by atoms with Crippen molar-refractivity contribution in [2.45, 2.75) is 0 Å². The van der Waals surface area contributed by atoms with Gasteiger partial charge in [-0.05, 0) is 42.5 Å². The van der Waals surface area contributed by atoms with Crippen molar-refractivity contribution in [3.63, 3.8) is 0 Å². The minimum atomic E-state index is -0.633. The second-order valence-electron chi connectivity index (χ2n) is 5.71. The third kappa shape index (κ3) is 4.94. The minimum Gasteiger partial charge on any atom is -0.454 e. The zero-order valence-electron chi connectivity index (χ0n) is 14.8. The van der Waals surface area contributed by atoms with E-state index in [0.717, 1.165) is 0 Å². The topological polar surface area (TPSA) is 109 Å². The number of halogens is 1. The highest BCUT2D eigenvalue weighted by molar-refractivity contribution is 6.32. The van der Waals surface area contributed by atoms with E-state index in [1.165, 1.54) is 67.0 Å². The van der Waals surface area contributed by atoms with E-state index in [1.807, 2.05) is 0 Å². The predicted octanol–water partition coefficient (Wildman–Crippen LogP) is 4.48. The van der Waals surface area contributed by atoms with Gasteiger partial charge in [-0.1, -0.05) is 17.7 Å². The number of rotatable bonds is 7. The maximum absolute atomic E-state index is 12.2. The molecular formula is C20H13ClN2O6. The Balaban J connectivity index is 1.65. The van der Waals surface area contributed by atoms with Crippen LogP contribution in [-0.4, -0.2) is 28.3 Å². The number of Topliss-reactive ketones (excluding diaryl/α,β-unsaturated/α-hetero) is 1. The Kier molecular flexibility index (Phi) is 6.16. The summed E-state index contributed by atoms with van der Waals surface area (Å²) in [4.78, 5) is 38.4. The third-order valence-electron chi connectivity index (χ3n) is 3.79. The lowest BCUT2D eigenvalue weighted by molar-refractivity contribution is -0.385. The fraction of sp³-hybridized carbons (Fsp3) is 0.0500. The molecule has 1 aromatic heterocycles. The Morgan fingerprint density at radius 1 is 1.00 bits per heavy atom. The summed E-state index contributed by atoms with van der Waals surface area (Å²) in [5.41, 5.74) is 0.298. The molecule has 0 saturated carbocycles. The predicted molar refractivity (Wildman–Crippen MR) is 103 cm³/mol. The summed E-state index contributed by atoms with van der Waals surface area (Å²) in [5.74, 6) is -0.884. The lowest BCUT2D eigenvalue weighted by Gasteiger charge is -2.09. The van der Waals surface area contributed by atoms with Gasteiger partial charge in [-0.3, -0.25) is 19.9 Å². The second-order valence-corrected chi connectivity index (χ2v) is 6.11. The number of aromatic nitrogens is 1. The Morgan fingerprint density at radius 2 is 1.69 bits per heavy atom. The lowest BCUT2D eigenvalue weighted by atomic mass is 10.1. The molecule has 0 aliphatic rings. The first-order chi connectivity index (χ1) is 14.0. The molecule has 0 spiro atoms. The van der Waals surface area contributed by atoms with Gasteiger partial charge in [0.15, 0.2) is 12.4 Å². The number of carbonyl (C=O) groups excluding carboxylic acids is 2. The van der Waals surface area contributed by atoms with Crippen LogP contribution in [0.5, 0.6) is 11.5 Å². The molecule has 0 aliphatic heterocycles. The molecule has 146 valence electrons. The van der Waals surface area contributed by atoms with E-state index >= 15 is 0 Å². The molecule has 9 heteroatoms. The van der Waals surface area contributed by atoms with Gasteiger partial charge in [-0.2, -0.15) is 0 Å². The van der Waals surface area contributed by atoms with Crippen LogP contribution >= 0.6 is 11.6 Å². The van der Waals surface area contributed by atoms with Crippen LogP contribution in [0.4, 0.5) is 5.69 Å². The number of carbonyl (C=O) groups is 2. The van der Waals surface area contributed by atoms with Crippen molar-refractivity contribution < 1.29 is 24.0 Å². The van der Waals surface area contributed by atoms with Gasteiger partial charge in [0.1, 0.15) is 5.75 Å². The van der Waals surface area contributed by atoms with Gasteiger partial charge in [0.2, 0.25) is 5.75 Å². The normalized spacial score (nSPS) is 10.2. The van der Waals surface area contributed by atoms with Crippen molar-refractivity contribution in [3.8, 4) is 11.5 Å². The lowest BCUT2D eigenvalue weighted by Crippen LogP contribution is -2.14. The Bertz CT molecular complexity index is 1050. The van der Waals surface area contributed by atoms with Crippen LogP contribution in [0, 0.1) is 10.1 Å². The van der Waals surface area contributed by atoms with E-state index in [9.17, 15) is 19.7 Å². The van der Waals surface area contributed by atoms with Crippen molar-refractivity contribution in [1.29, 1.82) is 0 Å². The van der Waals surface area contributed by atoms with Crippen molar-refractivity contribution in [1.82, 2.24) is 4.98 Å². The summed E-state index contributed by atoms with van der Waals surface area (Å²) < 4.78 is 10.5. The van der Waals surface area contributed by atoms with E-state index in [-0.39, 0.29) is 33.3 Å². The molecule has 0 radical (unpaired) electrons. The first-order valence-electron chi connectivity index (χ1n) is 8.27. The van der Waals surface area contributed by atoms with Crippen molar-refractivity contribution >= 4 is 29.0 Å². The van der Waals surface area contributed by atoms with Gasteiger partial charge in [-0.15, -0.1) is 0 Å². The molecule has 0 atom stereocenters. The average molecular weight is 413 g/mol. The van der Waals surface area contributed by atoms with E-state index in [0.29, 0.717) is 0 Å². The molecule has 0 bridgehead atoms. The standard InChI is InChI=1S/C20H13ClN2O6/c21-16-2-1-3-17(23(26)27)19(16)29-15-6-4-13(5-7-15)18(24)12-28-20(25)14-8-10-22-11-9-14/h1-11H,12H2. The fourth-order valence-electron chi connectivity index (χ4n) is 2.35. The molecule has 0 saturated heterocycles. The number of nitro benzene ring substituents is 1. The van der Waals surface area contributed by atoms with Crippen LogP contribution in [0.1, 0.15) is 20.7 Å². The van der Waals surface area contributed by atoms with Gasteiger partial charge >= 0.3 is 11.7 Å². The Hall–Kier alpha value is -3.78. The van der Waals surface area contributed by atoms with Crippen LogP contribution in [0.15, 0.2) is 67.0 Å². The molecule has 29 heavy (non-hydrogen) atoms. The first kappa shape index (κ1) is 20.0. The SMILES string of the molecule is O=C(COC(=O)c1ccncc1)c1ccc(Oc2c(Cl)cccc2[N+](=O)[O-])cc1. The van der Waals surface area contributed by atoms with E-state index in [1.54, 1.807) is 0 Å². The molecule has 0 N–H and O–H groups in total. The number of benzene rings is 2. The largest absolute Gasteiger partial charge is 0.454 e. The molecular weight excluding hydrogens is 400 g/mol. The molecule has 0 fully saturated rings. The molecule has 3 rings (SSSR count). The van der Waals surface area contributed by atoms with Gasteiger partial charge < -0.3 is 9.47 Å². The summed E-state index contributed by atoms with van der Waals surface area (Å²) in [5, 5.41) is 11.2. The number of hydrogen-bond donors (Lipinski definition) is 0. The number of para-hydroxylation sites is 1. The van der Waals surface area contributed by atoms with Gasteiger partial charge in [0.25, 0.3) is 0 Å². The fourth-order valence-corrected chi connectivity index (χ4v) is 2.56. The van der Waals surface area contributed by atoms with Crippen LogP contribution in [0.3, 0.4) is 0 Å². The maximum Gasteiger partial charge on any atom is 0.338 e. The first-order valence-corrected chi connectivity index (χ1v) is 8.64. The second kappa shape index (κ2) is 8.94. The summed E-state index contributed by atoms with van der Waals surface area (Å²) in [6.07, 6.45) is 2.89. The zero-order valence-corrected chi connectivity index (χ0v) is 15.5. The van der Waals surface area contributed by atoms with Crippen molar-refractivity contribution in [2.24, 2.45) is 0 Å². The number of nitro groups is 1. The highest BCUT2D eigenvalue weighted by atomic mass is 35.5.